The molecule has 0 aliphatic heterocycles. The Morgan fingerprint density at radius 2 is 1.71 bits per heavy atom. The monoisotopic (exact) mass is 327 g/mol. The lowest BCUT2D eigenvalue weighted by Gasteiger charge is -2.16. The molecular formula is C20H25NO3. The minimum atomic E-state index is -0.0877. The molecular weight excluding hydrogens is 302 g/mol. The van der Waals surface area contributed by atoms with Gasteiger partial charge in [-0.1, -0.05) is 35.9 Å². The molecule has 128 valence electrons. The molecule has 0 bridgehead atoms. The highest BCUT2D eigenvalue weighted by molar-refractivity contribution is 5.76. The maximum atomic E-state index is 12.2. The Hall–Kier alpha value is -2.49. The van der Waals surface area contributed by atoms with E-state index in [1.54, 1.807) is 14.2 Å². The molecule has 2 aromatic rings. The van der Waals surface area contributed by atoms with Gasteiger partial charge in [0.25, 0.3) is 0 Å². The van der Waals surface area contributed by atoms with Crippen LogP contribution in [0.5, 0.6) is 11.5 Å². The van der Waals surface area contributed by atoms with Gasteiger partial charge in [0.05, 0.1) is 20.3 Å². The van der Waals surface area contributed by atoms with E-state index in [0.717, 1.165) is 12.0 Å². The molecule has 1 unspecified atom stereocenters. The number of amides is 1. The second-order valence-electron chi connectivity index (χ2n) is 5.89. The van der Waals surface area contributed by atoms with Gasteiger partial charge in [-0.25, -0.2) is 0 Å². The van der Waals surface area contributed by atoms with E-state index in [2.05, 4.69) is 36.5 Å². The van der Waals surface area contributed by atoms with E-state index in [-0.39, 0.29) is 11.9 Å². The fourth-order valence-electron chi connectivity index (χ4n) is 2.53. The molecule has 0 heterocycles. The number of rotatable bonds is 7. The van der Waals surface area contributed by atoms with Crippen LogP contribution < -0.4 is 14.8 Å². The zero-order valence-corrected chi connectivity index (χ0v) is 14.8. The number of ether oxygens (including phenoxy) is 2. The summed E-state index contributed by atoms with van der Waals surface area (Å²) >= 11 is 0. The zero-order valence-electron chi connectivity index (χ0n) is 14.8. The number of benzene rings is 2. The average Bonchev–Trinajstić information content (AvgIpc) is 2.60. The Morgan fingerprint density at radius 3 is 2.33 bits per heavy atom. The van der Waals surface area contributed by atoms with Crippen LogP contribution in [0.4, 0.5) is 0 Å². The van der Waals surface area contributed by atoms with E-state index in [1.165, 1.54) is 11.1 Å². The van der Waals surface area contributed by atoms with Crippen LogP contribution in [0.25, 0.3) is 0 Å². The van der Waals surface area contributed by atoms with Gasteiger partial charge in [0.2, 0.25) is 5.91 Å². The molecule has 1 atom stereocenters. The number of nitrogens with one attached hydrogen (secondary N) is 1. The smallest absolute Gasteiger partial charge is 0.220 e. The van der Waals surface area contributed by atoms with Gasteiger partial charge >= 0.3 is 0 Å². The molecule has 1 N–H and O–H groups in total. The van der Waals surface area contributed by atoms with Crippen molar-refractivity contribution < 1.29 is 14.3 Å². The summed E-state index contributed by atoms with van der Waals surface area (Å²) in [5.41, 5.74) is 3.39. The molecule has 4 heteroatoms. The third-order valence-corrected chi connectivity index (χ3v) is 4.05. The Morgan fingerprint density at radius 1 is 1.04 bits per heavy atom. The summed E-state index contributed by atoms with van der Waals surface area (Å²) in [7, 11) is 3.21. The second-order valence-corrected chi connectivity index (χ2v) is 5.89. The first kappa shape index (κ1) is 17.9. The average molecular weight is 327 g/mol. The van der Waals surface area contributed by atoms with Gasteiger partial charge in [0, 0.05) is 6.42 Å². The molecule has 2 aromatic carbocycles. The minimum Gasteiger partial charge on any atom is -0.493 e. The summed E-state index contributed by atoms with van der Waals surface area (Å²) in [4.78, 5) is 12.2. The number of methoxy groups -OCH3 is 2. The predicted molar refractivity (Wildman–Crippen MR) is 95.6 cm³/mol. The van der Waals surface area contributed by atoms with Crippen LogP contribution in [0.1, 0.15) is 36.1 Å². The van der Waals surface area contributed by atoms with E-state index >= 15 is 0 Å². The largest absolute Gasteiger partial charge is 0.493 e. The first-order chi connectivity index (χ1) is 11.5. The van der Waals surface area contributed by atoms with Gasteiger partial charge in [0.1, 0.15) is 0 Å². The highest BCUT2D eigenvalue weighted by Gasteiger charge is 2.12. The summed E-state index contributed by atoms with van der Waals surface area (Å²) in [5.74, 6) is 1.38. The van der Waals surface area contributed by atoms with E-state index in [0.29, 0.717) is 17.9 Å². The summed E-state index contributed by atoms with van der Waals surface area (Å²) in [6.45, 7) is 4.02. The molecule has 0 aliphatic carbocycles. The molecule has 0 aromatic heterocycles. The van der Waals surface area contributed by atoms with E-state index < -0.39 is 0 Å². The van der Waals surface area contributed by atoms with E-state index in [1.807, 2.05) is 25.1 Å². The highest BCUT2D eigenvalue weighted by Crippen LogP contribution is 2.29. The fourth-order valence-corrected chi connectivity index (χ4v) is 2.53. The Kier molecular flexibility index (Phi) is 6.24. The van der Waals surface area contributed by atoms with E-state index in [4.69, 9.17) is 9.47 Å². The SMILES string of the molecule is COc1ccc(C(C)NC(=O)CCc2ccc(C)cc2)cc1OC. The van der Waals surface area contributed by atoms with Crippen LogP contribution >= 0.6 is 0 Å². The van der Waals surface area contributed by atoms with Gasteiger partial charge in [-0.3, -0.25) is 4.79 Å². The molecule has 0 saturated carbocycles. The lowest BCUT2D eigenvalue weighted by Crippen LogP contribution is -2.26. The van der Waals surface area contributed by atoms with E-state index in [9.17, 15) is 4.79 Å². The summed E-state index contributed by atoms with van der Waals surface area (Å²) in [6, 6.07) is 13.9. The molecule has 0 saturated heterocycles. The number of aryl methyl sites for hydroxylation is 2. The maximum absolute atomic E-state index is 12.2. The van der Waals surface area contributed by atoms with Crippen molar-refractivity contribution in [1.82, 2.24) is 5.32 Å². The van der Waals surface area contributed by atoms with Crippen molar-refractivity contribution in [2.45, 2.75) is 32.7 Å². The molecule has 4 nitrogen and oxygen atoms in total. The summed E-state index contributed by atoms with van der Waals surface area (Å²) in [6.07, 6.45) is 1.21. The third kappa shape index (κ3) is 4.75. The van der Waals surface area contributed by atoms with Crippen molar-refractivity contribution in [3.63, 3.8) is 0 Å². The maximum Gasteiger partial charge on any atom is 0.220 e. The van der Waals surface area contributed by atoms with Crippen molar-refractivity contribution >= 4 is 5.91 Å². The molecule has 1 amide bonds. The number of hydrogen-bond donors (Lipinski definition) is 1. The molecule has 0 fully saturated rings. The third-order valence-electron chi connectivity index (χ3n) is 4.05. The van der Waals surface area contributed by atoms with Crippen LogP contribution in [0.3, 0.4) is 0 Å². The Bertz CT molecular complexity index is 680. The van der Waals surface area contributed by atoms with Crippen LogP contribution in [-0.4, -0.2) is 20.1 Å². The lowest BCUT2D eigenvalue weighted by molar-refractivity contribution is -0.121. The van der Waals surface area contributed by atoms with Crippen molar-refractivity contribution in [1.29, 1.82) is 0 Å². The van der Waals surface area contributed by atoms with Gasteiger partial charge in [-0.2, -0.15) is 0 Å². The molecule has 0 radical (unpaired) electrons. The topological polar surface area (TPSA) is 47.6 Å². The number of carbonyl (C=O) groups is 1. The molecule has 0 spiro atoms. The fraction of sp³-hybridized carbons (Fsp3) is 0.350. The van der Waals surface area contributed by atoms with Crippen molar-refractivity contribution in [3.8, 4) is 11.5 Å². The number of hydrogen-bond acceptors (Lipinski definition) is 3. The summed E-state index contributed by atoms with van der Waals surface area (Å²) < 4.78 is 10.5. The zero-order chi connectivity index (χ0) is 17.5. The van der Waals surface area contributed by atoms with Crippen LogP contribution in [0.15, 0.2) is 42.5 Å². The first-order valence-electron chi connectivity index (χ1n) is 8.10. The Balaban J connectivity index is 1.92. The second kappa shape index (κ2) is 8.39. The summed E-state index contributed by atoms with van der Waals surface area (Å²) in [5, 5.41) is 3.03. The quantitative estimate of drug-likeness (QED) is 0.841. The lowest BCUT2D eigenvalue weighted by atomic mass is 10.1. The van der Waals surface area contributed by atoms with Crippen LogP contribution in [-0.2, 0) is 11.2 Å². The van der Waals surface area contributed by atoms with Crippen molar-refractivity contribution in [3.05, 3.63) is 59.2 Å². The van der Waals surface area contributed by atoms with Crippen LogP contribution in [0, 0.1) is 6.92 Å². The number of carbonyl (C=O) groups excluding carboxylic acids is 1. The van der Waals surface area contributed by atoms with Crippen molar-refractivity contribution in [2.24, 2.45) is 0 Å². The van der Waals surface area contributed by atoms with Gasteiger partial charge in [-0.05, 0) is 43.5 Å². The van der Waals surface area contributed by atoms with Gasteiger partial charge in [0.15, 0.2) is 11.5 Å². The standard InChI is InChI=1S/C20H25NO3/c1-14-5-7-16(8-6-14)9-12-20(22)21-15(2)17-10-11-18(23-3)19(13-17)24-4/h5-8,10-11,13,15H,9,12H2,1-4H3,(H,21,22). The molecule has 0 aliphatic rings. The highest BCUT2D eigenvalue weighted by atomic mass is 16.5. The normalized spacial score (nSPS) is 11.7. The molecule has 2 rings (SSSR count). The van der Waals surface area contributed by atoms with Gasteiger partial charge < -0.3 is 14.8 Å². The van der Waals surface area contributed by atoms with Gasteiger partial charge in [-0.15, -0.1) is 0 Å². The molecule has 24 heavy (non-hydrogen) atoms. The predicted octanol–water partition coefficient (Wildman–Crippen LogP) is 3.82. The van der Waals surface area contributed by atoms with Crippen LogP contribution in [0.2, 0.25) is 0 Å². The Labute approximate surface area is 143 Å². The van der Waals surface area contributed by atoms with Crippen molar-refractivity contribution in [2.75, 3.05) is 14.2 Å². The minimum absolute atomic E-state index is 0.0397. The first-order valence-corrected chi connectivity index (χ1v) is 8.10.